The second-order valence-corrected chi connectivity index (χ2v) is 8.78. The van der Waals surface area contributed by atoms with Crippen molar-refractivity contribution in [2.75, 3.05) is 6.61 Å². The molecule has 0 saturated heterocycles. The minimum Gasteiger partial charge on any atom is -0.392 e. The van der Waals surface area contributed by atoms with Gasteiger partial charge in [0.05, 0.1) is 12.7 Å². The monoisotopic (exact) mass is 292 g/mol. The molecule has 2 fully saturated rings. The van der Waals surface area contributed by atoms with Crippen LogP contribution in [-0.4, -0.2) is 22.9 Å². The first kappa shape index (κ1) is 15.6. The van der Waals surface area contributed by atoms with Crippen LogP contribution >= 0.6 is 0 Å². The van der Waals surface area contributed by atoms with Gasteiger partial charge in [-0.05, 0) is 72.7 Å². The molecule has 2 saturated carbocycles. The molecule has 3 rings (SSSR count). The number of allylic oxidation sites excluding steroid dienone is 1. The highest BCUT2D eigenvalue weighted by Crippen LogP contribution is 2.63. The third kappa shape index (κ3) is 2.49. The van der Waals surface area contributed by atoms with Crippen molar-refractivity contribution in [2.24, 2.45) is 28.6 Å². The van der Waals surface area contributed by atoms with Crippen LogP contribution in [0.15, 0.2) is 11.6 Å². The van der Waals surface area contributed by atoms with E-state index in [1.165, 1.54) is 32.1 Å². The van der Waals surface area contributed by atoms with Crippen LogP contribution in [0.3, 0.4) is 0 Å². The Hall–Kier alpha value is -0.340. The van der Waals surface area contributed by atoms with Gasteiger partial charge in [0.25, 0.3) is 0 Å². The lowest BCUT2D eigenvalue weighted by atomic mass is 9.45. The summed E-state index contributed by atoms with van der Waals surface area (Å²) in [6.07, 6.45) is 10.2. The van der Waals surface area contributed by atoms with E-state index >= 15 is 0 Å². The van der Waals surface area contributed by atoms with Crippen molar-refractivity contribution in [2.45, 2.75) is 71.8 Å². The minimum atomic E-state index is -0.251. The highest BCUT2D eigenvalue weighted by molar-refractivity contribution is 5.13. The van der Waals surface area contributed by atoms with Gasteiger partial charge in [0.1, 0.15) is 0 Å². The van der Waals surface area contributed by atoms with Gasteiger partial charge in [0.15, 0.2) is 0 Å². The summed E-state index contributed by atoms with van der Waals surface area (Å²) >= 11 is 0. The Morgan fingerprint density at radius 1 is 1.19 bits per heavy atom. The first-order chi connectivity index (χ1) is 9.88. The molecule has 3 aliphatic carbocycles. The first-order valence-corrected chi connectivity index (χ1v) is 8.85. The average Bonchev–Trinajstić information content (AvgIpc) is 2.58. The van der Waals surface area contributed by atoms with Crippen molar-refractivity contribution in [1.82, 2.24) is 0 Å². The number of aliphatic hydroxyl groups excluding tert-OH is 2. The number of rotatable bonds is 1. The minimum absolute atomic E-state index is 0.113. The van der Waals surface area contributed by atoms with Crippen molar-refractivity contribution >= 4 is 0 Å². The molecule has 3 aliphatic rings. The lowest BCUT2D eigenvalue weighted by molar-refractivity contribution is -0.118. The first-order valence-electron chi connectivity index (χ1n) is 8.85. The zero-order valence-corrected chi connectivity index (χ0v) is 13.9. The molecule has 5 atom stereocenters. The van der Waals surface area contributed by atoms with E-state index in [0.717, 1.165) is 17.9 Å². The normalized spacial score (nSPS) is 46.0. The highest BCUT2D eigenvalue weighted by atomic mass is 16.3. The number of aliphatic hydroxyl groups is 2. The van der Waals surface area contributed by atoms with E-state index in [1.54, 1.807) is 0 Å². The zero-order chi connectivity index (χ0) is 15.3. The molecule has 0 bridgehead atoms. The number of hydrogen-bond donors (Lipinski definition) is 2. The van der Waals surface area contributed by atoms with E-state index in [0.29, 0.717) is 29.1 Å². The van der Waals surface area contributed by atoms with Gasteiger partial charge in [0.2, 0.25) is 0 Å². The standard InChI is InChI=1S/C19H32O2/c1-18(2)9-4-10-19(3)15-7-5-13(12-20)11-16(21)14(15)6-8-17(18)19/h5,14-17,20-21H,4,6-12H2,1-3H3/t14-,15+,16-,17+,19-/m1/s1. The molecule has 0 aromatic rings. The molecule has 120 valence electrons. The molecule has 2 nitrogen and oxygen atoms in total. The van der Waals surface area contributed by atoms with Crippen LogP contribution < -0.4 is 0 Å². The molecule has 0 unspecified atom stereocenters. The van der Waals surface area contributed by atoms with Crippen molar-refractivity contribution < 1.29 is 10.2 Å². The Kier molecular flexibility index (Phi) is 3.99. The summed E-state index contributed by atoms with van der Waals surface area (Å²) in [6, 6.07) is 0. The summed E-state index contributed by atoms with van der Waals surface area (Å²) in [4.78, 5) is 0. The molecule has 0 aromatic heterocycles. The number of fused-ring (bicyclic) bond motifs is 3. The van der Waals surface area contributed by atoms with Crippen molar-refractivity contribution in [3.63, 3.8) is 0 Å². The molecular formula is C19H32O2. The molecular weight excluding hydrogens is 260 g/mol. The van der Waals surface area contributed by atoms with Crippen LogP contribution in [0.5, 0.6) is 0 Å². The van der Waals surface area contributed by atoms with Crippen molar-refractivity contribution in [1.29, 1.82) is 0 Å². The third-order valence-corrected chi connectivity index (χ3v) is 7.26. The van der Waals surface area contributed by atoms with Crippen LogP contribution in [0.4, 0.5) is 0 Å². The van der Waals surface area contributed by atoms with Gasteiger partial charge >= 0.3 is 0 Å². The fourth-order valence-electron chi connectivity index (χ4n) is 6.21. The predicted octanol–water partition coefficient (Wildman–Crippen LogP) is 3.92. The van der Waals surface area contributed by atoms with Crippen molar-refractivity contribution in [3.8, 4) is 0 Å². The summed E-state index contributed by atoms with van der Waals surface area (Å²) in [5.41, 5.74) is 1.86. The maximum Gasteiger partial charge on any atom is 0.0642 e. The molecule has 0 amide bonds. The predicted molar refractivity (Wildman–Crippen MR) is 85.9 cm³/mol. The molecule has 2 N–H and O–H groups in total. The number of hydrogen-bond acceptors (Lipinski definition) is 2. The van der Waals surface area contributed by atoms with Crippen LogP contribution in [0.2, 0.25) is 0 Å². The van der Waals surface area contributed by atoms with Gasteiger partial charge in [-0.25, -0.2) is 0 Å². The summed E-state index contributed by atoms with van der Waals surface area (Å²) in [6.45, 7) is 7.52. The van der Waals surface area contributed by atoms with Crippen LogP contribution in [0.25, 0.3) is 0 Å². The zero-order valence-electron chi connectivity index (χ0n) is 13.9. The Labute approximate surface area is 129 Å². The van der Waals surface area contributed by atoms with E-state index < -0.39 is 0 Å². The Bertz CT molecular complexity index is 425. The van der Waals surface area contributed by atoms with Crippen molar-refractivity contribution in [3.05, 3.63) is 11.6 Å². The second kappa shape index (κ2) is 5.38. The second-order valence-electron chi connectivity index (χ2n) is 8.78. The Morgan fingerprint density at radius 2 is 1.95 bits per heavy atom. The fourth-order valence-corrected chi connectivity index (χ4v) is 6.21. The molecule has 0 aliphatic heterocycles. The molecule has 0 aromatic carbocycles. The van der Waals surface area contributed by atoms with Gasteiger partial charge < -0.3 is 10.2 Å². The molecule has 0 spiro atoms. The quantitative estimate of drug-likeness (QED) is 0.719. The summed E-state index contributed by atoms with van der Waals surface area (Å²) < 4.78 is 0. The SMILES string of the molecule is CC1(C)CCC[C@]2(C)[C@H]3CC=C(CO)C[C@@H](O)[C@@H]3CC[C@@H]12. The summed E-state index contributed by atoms with van der Waals surface area (Å²) in [5, 5.41) is 20.1. The van der Waals surface area contributed by atoms with Crippen LogP contribution in [0.1, 0.15) is 65.7 Å². The summed E-state index contributed by atoms with van der Waals surface area (Å²) in [5.74, 6) is 1.81. The van der Waals surface area contributed by atoms with Crippen LogP contribution in [0, 0.1) is 28.6 Å². The van der Waals surface area contributed by atoms with E-state index in [-0.39, 0.29) is 12.7 Å². The van der Waals surface area contributed by atoms with E-state index in [1.807, 2.05) is 0 Å². The molecule has 0 radical (unpaired) electrons. The van der Waals surface area contributed by atoms with E-state index in [4.69, 9.17) is 0 Å². The van der Waals surface area contributed by atoms with Crippen LogP contribution in [-0.2, 0) is 0 Å². The van der Waals surface area contributed by atoms with Gasteiger partial charge in [-0.3, -0.25) is 0 Å². The maximum absolute atomic E-state index is 10.7. The highest BCUT2D eigenvalue weighted by Gasteiger charge is 2.55. The smallest absolute Gasteiger partial charge is 0.0642 e. The topological polar surface area (TPSA) is 40.5 Å². The maximum atomic E-state index is 10.7. The van der Waals surface area contributed by atoms with Gasteiger partial charge in [0, 0.05) is 0 Å². The van der Waals surface area contributed by atoms with E-state index in [9.17, 15) is 10.2 Å². The van der Waals surface area contributed by atoms with Gasteiger partial charge in [-0.1, -0.05) is 33.3 Å². The van der Waals surface area contributed by atoms with Gasteiger partial charge in [-0.15, -0.1) is 0 Å². The molecule has 21 heavy (non-hydrogen) atoms. The Balaban J connectivity index is 1.94. The summed E-state index contributed by atoms with van der Waals surface area (Å²) in [7, 11) is 0. The largest absolute Gasteiger partial charge is 0.392 e. The Morgan fingerprint density at radius 3 is 2.67 bits per heavy atom. The van der Waals surface area contributed by atoms with Gasteiger partial charge in [-0.2, -0.15) is 0 Å². The third-order valence-electron chi connectivity index (χ3n) is 7.26. The molecule has 0 heterocycles. The lowest BCUT2D eigenvalue weighted by Gasteiger charge is -2.59. The lowest BCUT2D eigenvalue weighted by Crippen LogP contribution is -2.53. The average molecular weight is 292 g/mol. The van der Waals surface area contributed by atoms with E-state index in [2.05, 4.69) is 26.8 Å². The molecule has 2 heteroatoms. The fraction of sp³-hybridized carbons (Fsp3) is 0.895.